The second-order valence-corrected chi connectivity index (χ2v) is 4.80. The van der Waals surface area contributed by atoms with E-state index in [1.807, 2.05) is 24.3 Å². The van der Waals surface area contributed by atoms with E-state index < -0.39 is 0 Å². The van der Waals surface area contributed by atoms with Crippen LogP contribution in [0, 0.1) is 0 Å². The molecule has 2 heterocycles. The van der Waals surface area contributed by atoms with Gasteiger partial charge >= 0.3 is 0 Å². The first-order valence-corrected chi connectivity index (χ1v) is 6.31. The summed E-state index contributed by atoms with van der Waals surface area (Å²) in [6, 6.07) is 9.44. The summed E-state index contributed by atoms with van der Waals surface area (Å²) in [7, 11) is 0. The van der Waals surface area contributed by atoms with Gasteiger partial charge in [-0.1, -0.05) is 18.2 Å². The number of anilines is 2. The van der Waals surface area contributed by atoms with E-state index in [0.29, 0.717) is 10.8 Å². The van der Waals surface area contributed by atoms with Crippen molar-refractivity contribution in [1.29, 1.82) is 0 Å². The number of hydrogen-bond donors (Lipinski definition) is 2. The average Bonchev–Trinajstić information content (AvgIpc) is 2.38. The molecule has 0 saturated heterocycles. The van der Waals surface area contributed by atoms with Crippen LogP contribution in [0.25, 0.3) is 10.9 Å². The number of nitrogen functional groups attached to an aromatic ring is 2. The molecule has 6 nitrogen and oxygen atoms in total. The van der Waals surface area contributed by atoms with E-state index in [0.717, 1.165) is 15.9 Å². The Morgan fingerprint density at radius 2 is 1.84 bits per heavy atom. The largest absolute Gasteiger partial charge is 0.383 e. The van der Waals surface area contributed by atoms with Gasteiger partial charge in [-0.3, -0.25) is 0 Å². The quantitative estimate of drug-likeness (QED) is 0.683. The molecule has 7 heteroatoms. The predicted octanol–water partition coefficient (Wildman–Crippen LogP) is 1.74. The smallest absolute Gasteiger partial charge is 0.223 e. The van der Waals surface area contributed by atoms with Crippen LogP contribution in [0.4, 0.5) is 11.8 Å². The Labute approximate surface area is 113 Å². The van der Waals surface area contributed by atoms with Crippen LogP contribution in [0.15, 0.2) is 46.7 Å². The molecule has 0 amide bonds. The number of nitrogens with two attached hydrogens (primary N) is 2. The molecule has 94 valence electrons. The molecule has 0 spiro atoms. The van der Waals surface area contributed by atoms with Crippen LogP contribution in [0.3, 0.4) is 0 Å². The van der Waals surface area contributed by atoms with Crippen molar-refractivity contribution >= 4 is 34.4 Å². The summed E-state index contributed by atoms with van der Waals surface area (Å²) in [4.78, 5) is 16.4. The monoisotopic (exact) mass is 270 g/mol. The minimum absolute atomic E-state index is 0.154. The highest BCUT2D eigenvalue weighted by Crippen LogP contribution is 2.30. The van der Waals surface area contributed by atoms with Crippen LogP contribution in [0.5, 0.6) is 0 Å². The Hall–Kier alpha value is -2.41. The van der Waals surface area contributed by atoms with E-state index in [-0.39, 0.29) is 5.95 Å². The second-order valence-electron chi connectivity index (χ2n) is 3.79. The molecule has 0 radical (unpaired) electrons. The van der Waals surface area contributed by atoms with Gasteiger partial charge in [-0.15, -0.1) is 0 Å². The highest BCUT2D eigenvalue weighted by molar-refractivity contribution is 7.99. The summed E-state index contributed by atoms with van der Waals surface area (Å²) in [6.07, 6.45) is 1.53. The lowest BCUT2D eigenvalue weighted by atomic mass is 10.2. The number of nitrogens with zero attached hydrogens (tertiary/aromatic N) is 4. The van der Waals surface area contributed by atoms with Crippen molar-refractivity contribution in [3.63, 3.8) is 0 Å². The number of hydrogen-bond acceptors (Lipinski definition) is 7. The van der Waals surface area contributed by atoms with E-state index in [1.54, 1.807) is 6.07 Å². The zero-order valence-electron chi connectivity index (χ0n) is 9.82. The Morgan fingerprint density at radius 1 is 1.00 bits per heavy atom. The molecule has 0 atom stereocenters. The van der Waals surface area contributed by atoms with E-state index >= 15 is 0 Å². The molecule has 0 aliphatic rings. The van der Waals surface area contributed by atoms with Crippen LogP contribution in [-0.4, -0.2) is 19.9 Å². The second kappa shape index (κ2) is 4.69. The van der Waals surface area contributed by atoms with Gasteiger partial charge in [0, 0.05) is 11.5 Å². The number of fused-ring (bicyclic) bond motifs is 1. The fraction of sp³-hybridized carbons (Fsp3) is 0. The van der Waals surface area contributed by atoms with E-state index in [9.17, 15) is 0 Å². The molecule has 2 aromatic heterocycles. The first kappa shape index (κ1) is 11.7. The molecular formula is C12H10N6S. The number of para-hydroxylation sites is 1. The standard InChI is InChI=1S/C12H10N6S/c13-9-5-10(18-12(14)17-9)19-11-7-3-1-2-4-8(7)15-6-16-11/h1-6H,(H4,13,14,17,18). The molecule has 3 rings (SSSR count). The van der Waals surface area contributed by atoms with Crippen LogP contribution >= 0.6 is 11.8 Å². The van der Waals surface area contributed by atoms with E-state index in [1.165, 1.54) is 18.1 Å². The highest BCUT2D eigenvalue weighted by Gasteiger charge is 2.07. The van der Waals surface area contributed by atoms with Gasteiger partial charge in [0.05, 0.1) is 5.52 Å². The average molecular weight is 270 g/mol. The number of aromatic nitrogens is 4. The number of benzene rings is 1. The van der Waals surface area contributed by atoms with Crippen molar-refractivity contribution in [2.75, 3.05) is 11.5 Å². The van der Waals surface area contributed by atoms with Gasteiger partial charge in [-0.25, -0.2) is 15.0 Å². The molecule has 4 N–H and O–H groups in total. The normalized spacial score (nSPS) is 10.7. The van der Waals surface area contributed by atoms with Crippen LogP contribution < -0.4 is 11.5 Å². The summed E-state index contributed by atoms with van der Waals surface area (Å²) < 4.78 is 0. The Morgan fingerprint density at radius 3 is 2.68 bits per heavy atom. The SMILES string of the molecule is Nc1cc(Sc2ncnc3ccccc23)nc(N)n1. The van der Waals surface area contributed by atoms with Gasteiger partial charge in [-0.05, 0) is 17.8 Å². The molecule has 1 aromatic carbocycles. The van der Waals surface area contributed by atoms with Crippen molar-refractivity contribution in [1.82, 2.24) is 19.9 Å². The lowest BCUT2D eigenvalue weighted by molar-refractivity contribution is 1.05. The molecule has 19 heavy (non-hydrogen) atoms. The fourth-order valence-electron chi connectivity index (χ4n) is 1.67. The lowest BCUT2D eigenvalue weighted by Crippen LogP contribution is -2.00. The maximum atomic E-state index is 5.65. The molecule has 0 unspecified atom stereocenters. The van der Waals surface area contributed by atoms with Crippen molar-refractivity contribution in [3.05, 3.63) is 36.7 Å². The summed E-state index contributed by atoms with van der Waals surface area (Å²) >= 11 is 1.38. The first-order chi connectivity index (χ1) is 9.22. The molecule has 0 saturated carbocycles. The van der Waals surface area contributed by atoms with Gasteiger partial charge < -0.3 is 11.5 Å². The zero-order valence-corrected chi connectivity index (χ0v) is 10.6. The van der Waals surface area contributed by atoms with Gasteiger partial charge in [0.25, 0.3) is 0 Å². The topological polar surface area (TPSA) is 104 Å². The minimum Gasteiger partial charge on any atom is -0.383 e. The minimum atomic E-state index is 0.154. The van der Waals surface area contributed by atoms with Crippen LogP contribution in [-0.2, 0) is 0 Å². The molecule has 0 aliphatic heterocycles. The predicted molar refractivity (Wildman–Crippen MR) is 74.5 cm³/mol. The molecule has 0 fully saturated rings. The third-order valence-corrected chi connectivity index (χ3v) is 3.38. The van der Waals surface area contributed by atoms with Crippen LogP contribution in [0.1, 0.15) is 0 Å². The third-order valence-electron chi connectivity index (χ3n) is 2.45. The molecule has 0 bridgehead atoms. The van der Waals surface area contributed by atoms with E-state index in [2.05, 4.69) is 19.9 Å². The van der Waals surface area contributed by atoms with Crippen molar-refractivity contribution in [2.45, 2.75) is 10.1 Å². The van der Waals surface area contributed by atoms with E-state index in [4.69, 9.17) is 11.5 Å². The van der Waals surface area contributed by atoms with Gasteiger partial charge in [-0.2, -0.15) is 4.98 Å². The van der Waals surface area contributed by atoms with Crippen LogP contribution in [0.2, 0.25) is 0 Å². The Bertz CT molecular complexity index is 720. The molecule has 3 aromatic rings. The van der Waals surface area contributed by atoms with Gasteiger partial charge in [0.15, 0.2) is 0 Å². The van der Waals surface area contributed by atoms with Crippen molar-refractivity contribution in [3.8, 4) is 0 Å². The van der Waals surface area contributed by atoms with Gasteiger partial charge in [0.1, 0.15) is 22.2 Å². The maximum Gasteiger partial charge on any atom is 0.223 e. The highest BCUT2D eigenvalue weighted by atomic mass is 32.2. The van der Waals surface area contributed by atoms with Crippen molar-refractivity contribution in [2.24, 2.45) is 0 Å². The third kappa shape index (κ3) is 2.41. The number of rotatable bonds is 2. The summed E-state index contributed by atoms with van der Waals surface area (Å²) in [5.74, 6) is 0.495. The Kier molecular flexibility index (Phi) is 2.88. The fourth-order valence-corrected chi connectivity index (χ4v) is 2.57. The van der Waals surface area contributed by atoms with Gasteiger partial charge in [0.2, 0.25) is 5.95 Å². The molecular weight excluding hydrogens is 260 g/mol. The Balaban J connectivity index is 2.05. The lowest BCUT2D eigenvalue weighted by Gasteiger charge is -2.04. The van der Waals surface area contributed by atoms with Crippen molar-refractivity contribution < 1.29 is 0 Å². The summed E-state index contributed by atoms with van der Waals surface area (Å²) in [5.41, 5.74) is 12.1. The summed E-state index contributed by atoms with van der Waals surface area (Å²) in [5, 5.41) is 2.43. The molecule has 0 aliphatic carbocycles. The summed E-state index contributed by atoms with van der Waals surface area (Å²) in [6.45, 7) is 0. The zero-order chi connectivity index (χ0) is 13.2. The maximum absolute atomic E-state index is 5.65. The first-order valence-electron chi connectivity index (χ1n) is 5.50.